The van der Waals surface area contributed by atoms with Gasteiger partial charge in [0, 0.05) is 18.5 Å². The van der Waals surface area contributed by atoms with Gasteiger partial charge in [0.25, 0.3) is 5.91 Å². The van der Waals surface area contributed by atoms with Gasteiger partial charge in [0.15, 0.2) is 0 Å². The highest BCUT2D eigenvalue weighted by atomic mass is 16.6. The molecular weight excluding hydrogens is 432 g/mol. The number of ether oxygens (including phenoxy) is 2. The molecule has 0 radical (unpaired) electrons. The van der Waals surface area contributed by atoms with Gasteiger partial charge in [-0.1, -0.05) is 54.6 Å². The van der Waals surface area contributed by atoms with Crippen molar-refractivity contribution in [3.8, 4) is 0 Å². The van der Waals surface area contributed by atoms with Crippen LogP contribution in [0, 0.1) is 0 Å². The Balaban J connectivity index is 1.63. The molecule has 0 unspecified atom stereocenters. The molecule has 7 nitrogen and oxygen atoms in total. The number of hydrogen-bond acceptors (Lipinski definition) is 5. The molecule has 0 aliphatic rings. The highest BCUT2D eigenvalue weighted by Crippen LogP contribution is 2.17. The van der Waals surface area contributed by atoms with E-state index in [1.165, 1.54) is 7.11 Å². The minimum Gasteiger partial charge on any atom is -0.467 e. The monoisotopic (exact) mass is 462 g/mol. The topological polar surface area (TPSA) is 93.7 Å². The van der Waals surface area contributed by atoms with Crippen LogP contribution in [0.2, 0.25) is 0 Å². The molecule has 0 bridgehead atoms. The molecule has 3 aromatic rings. The summed E-state index contributed by atoms with van der Waals surface area (Å²) in [4.78, 5) is 37.0. The number of fused-ring (bicyclic) bond motifs is 1. The summed E-state index contributed by atoms with van der Waals surface area (Å²) in [6.45, 7) is 5.65. The van der Waals surface area contributed by atoms with Crippen molar-refractivity contribution in [2.45, 2.75) is 45.4 Å². The standard InChI is InChI=1S/C27H30N2O5/c1-27(2,3)34-26(32)28-17-18-9-13-21(14-10-18)24(30)29-23(25(31)33-4)16-19-11-12-20-7-5-6-8-22(20)15-19/h5-15,23H,16-17H2,1-4H3,(H,28,32)(H,29,30)/t23-/m1/s1. The third-order valence-corrected chi connectivity index (χ3v) is 5.10. The fourth-order valence-electron chi connectivity index (χ4n) is 3.44. The highest BCUT2D eigenvalue weighted by Gasteiger charge is 2.23. The van der Waals surface area contributed by atoms with Gasteiger partial charge in [-0.3, -0.25) is 4.79 Å². The lowest BCUT2D eigenvalue weighted by Gasteiger charge is -2.19. The summed E-state index contributed by atoms with van der Waals surface area (Å²) < 4.78 is 10.1. The van der Waals surface area contributed by atoms with Gasteiger partial charge in [-0.25, -0.2) is 9.59 Å². The van der Waals surface area contributed by atoms with Gasteiger partial charge < -0.3 is 20.1 Å². The number of esters is 1. The first-order valence-corrected chi connectivity index (χ1v) is 11.1. The SMILES string of the molecule is COC(=O)[C@@H](Cc1ccc2ccccc2c1)NC(=O)c1ccc(CNC(=O)OC(C)(C)C)cc1. The molecule has 0 saturated carbocycles. The van der Waals surface area contributed by atoms with Gasteiger partial charge in [0.2, 0.25) is 0 Å². The van der Waals surface area contributed by atoms with E-state index in [1.807, 2.05) is 42.5 Å². The van der Waals surface area contributed by atoms with Crippen LogP contribution in [0.1, 0.15) is 42.3 Å². The molecule has 0 saturated heterocycles. The van der Waals surface area contributed by atoms with Crippen molar-refractivity contribution in [2.24, 2.45) is 0 Å². The fourth-order valence-corrected chi connectivity index (χ4v) is 3.44. The predicted molar refractivity (Wildman–Crippen MR) is 130 cm³/mol. The average molecular weight is 463 g/mol. The van der Waals surface area contributed by atoms with Crippen LogP contribution in [0.3, 0.4) is 0 Å². The van der Waals surface area contributed by atoms with Gasteiger partial charge in [-0.15, -0.1) is 0 Å². The molecule has 178 valence electrons. The predicted octanol–water partition coefficient (Wildman–Crippen LogP) is 4.38. The van der Waals surface area contributed by atoms with Crippen LogP contribution >= 0.6 is 0 Å². The van der Waals surface area contributed by atoms with E-state index in [0.717, 1.165) is 21.9 Å². The maximum Gasteiger partial charge on any atom is 0.407 e. The van der Waals surface area contributed by atoms with E-state index in [0.29, 0.717) is 12.0 Å². The number of methoxy groups -OCH3 is 1. The number of benzene rings is 3. The summed E-state index contributed by atoms with van der Waals surface area (Å²) in [5.41, 5.74) is 1.55. The first-order valence-electron chi connectivity index (χ1n) is 11.1. The fraction of sp³-hybridized carbons (Fsp3) is 0.296. The molecule has 2 amide bonds. The molecule has 0 fully saturated rings. The van der Waals surface area contributed by atoms with Gasteiger partial charge in [0.1, 0.15) is 11.6 Å². The zero-order valence-electron chi connectivity index (χ0n) is 19.9. The highest BCUT2D eigenvalue weighted by molar-refractivity contribution is 5.97. The first kappa shape index (κ1) is 24.8. The van der Waals surface area contributed by atoms with Gasteiger partial charge in [-0.2, -0.15) is 0 Å². The number of nitrogens with one attached hydrogen (secondary N) is 2. The van der Waals surface area contributed by atoms with E-state index in [2.05, 4.69) is 10.6 Å². The number of alkyl carbamates (subject to hydrolysis) is 1. The molecule has 2 N–H and O–H groups in total. The van der Waals surface area contributed by atoms with E-state index in [1.54, 1.807) is 45.0 Å². The normalized spacial score (nSPS) is 12.0. The molecule has 1 atom stereocenters. The molecular formula is C27H30N2O5. The maximum atomic E-state index is 12.8. The van der Waals surface area contributed by atoms with Crippen molar-refractivity contribution >= 4 is 28.7 Å². The van der Waals surface area contributed by atoms with Gasteiger partial charge in [0.05, 0.1) is 7.11 Å². The molecule has 7 heteroatoms. The van der Waals surface area contributed by atoms with Crippen LogP contribution in [0.15, 0.2) is 66.7 Å². The Hall–Kier alpha value is -3.87. The molecule has 34 heavy (non-hydrogen) atoms. The molecule has 3 rings (SSSR count). The van der Waals surface area contributed by atoms with Crippen molar-refractivity contribution in [1.29, 1.82) is 0 Å². The van der Waals surface area contributed by atoms with Gasteiger partial charge >= 0.3 is 12.1 Å². The lowest BCUT2D eigenvalue weighted by Crippen LogP contribution is -2.43. The number of rotatable bonds is 7. The number of carbonyl (C=O) groups excluding carboxylic acids is 3. The zero-order chi connectivity index (χ0) is 24.7. The van der Waals surface area contributed by atoms with Crippen molar-refractivity contribution in [3.63, 3.8) is 0 Å². The Morgan fingerprint density at radius 3 is 2.18 bits per heavy atom. The first-order chi connectivity index (χ1) is 16.1. The summed E-state index contributed by atoms with van der Waals surface area (Å²) in [6.07, 6.45) is -0.204. The van der Waals surface area contributed by atoms with Crippen LogP contribution in [-0.4, -0.2) is 36.7 Å². The van der Waals surface area contributed by atoms with E-state index in [9.17, 15) is 14.4 Å². The molecule has 0 aromatic heterocycles. The minimum absolute atomic E-state index is 0.267. The van der Waals surface area contributed by atoms with Crippen molar-refractivity contribution in [1.82, 2.24) is 10.6 Å². The summed E-state index contributed by atoms with van der Waals surface area (Å²) in [6, 6.07) is 19.8. The van der Waals surface area contributed by atoms with Crippen LogP contribution in [-0.2, 0) is 27.2 Å². The smallest absolute Gasteiger partial charge is 0.407 e. The van der Waals surface area contributed by atoms with Crippen molar-refractivity contribution < 1.29 is 23.9 Å². The van der Waals surface area contributed by atoms with Crippen LogP contribution < -0.4 is 10.6 Å². The summed E-state index contributed by atoms with van der Waals surface area (Å²) in [5, 5.41) is 7.61. The zero-order valence-corrected chi connectivity index (χ0v) is 19.9. The number of amides is 2. The third kappa shape index (κ3) is 7.07. The lowest BCUT2D eigenvalue weighted by molar-refractivity contribution is -0.142. The molecule has 3 aromatic carbocycles. The second-order valence-corrected chi connectivity index (χ2v) is 8.99. The second-order valence-electron chi connectivity index (χ2n) is 8.99. The molecule has 0 aliphatic carbocycles. The Morgan fingerprint density at radius 1 is 0.882 bits per heavy atom. The number of hydrogen-bond donors (Lipinski definition) is 2. The van der Waals surface area contributed by atoms with E-state index < -0.39 is 23.7 Å². The quantitative estimate of drug-likeness (QED) is 0.508. The van der Waals surface area contributed by atoms with E-state index >= 15 is 0 Å². The second kappa shape index (κ2) is 10.8. The van der Waals surface area contributed by atoms with Crippen LogP contribution in [0.25, 0.3) is 10.8 Å². The van der Waals surface area contributed by atoms with Crippen LogP contribution in [0.4, 0.5) is 4.79 Å². The largest absolute Gasteiger partial charge is 0.467 e. The van der Waals surface area contributed by atoms with Crippen molar-refractivity contribution in [3.05, 3.63) is 83.4 Å². The Morgan fingerprint density at radius 2 is 1.53 bits per heavy atom. The van der Waals surface area contributed by atoms with E-state index in [4.69, 9.17) is 9.47 Å². The Bertz CT molecular complexity index is 1170. The van der Waals surface area contributed by atoms with E-state index in [-0.39, 0.29) is 12.5 Å². The molecule has 0 aliphatic heterocycles. The molecule has 0 heterocycles. The van der Waals surface area contributed by atoms with Crippen molar-refractivity contribution in [2.75, 3.05) is 7.11 Å². The summed E-state index contributed by atoms with van der Waals surface area (Å²) in [5.74, 6) is -0.900. The molecule has 0 spiro atoms. The Labute approximate surface area is 199 Å². The minimum atomic E-state index is -0.827. The van der Waals surface area contributed by atoms with Crippen LogP contribution in [0.5, 0.6) is 0 Å². The van der Waals surface area contributed by atoms with Gasteiger partial charge in [-0.05, 0) is 54.8 Å². The lowest BCUT2D eigenvalue weighted by atomic mass is 10.0. The Kier molecular flexibility index (Phi) is 7.89. The third-order valence-electron chi connectivity index (χ3n) is 5.10. The summed E-state index contributed by atoms with van der Waals surface area (Å²) >= 11 is 0. The number of carbonyl (C=O) groups is 3. The maximum absolute atomic E-state index is 12.8. The summed E-state index contributed by atoms with van der Waals surface area (Å²) in [7, 11) is 1.30. The average Bonchev–Trinajstić information content (AvgIpc) is 2.81.